The lowest BCUT2D eigenvalue weighted by Gasteiger charge is -2.17. The maximum absolute atomic E-state index is 14.4. The Hall–Kier alpha value is -4.01. The van der Waals surface area contributed by atoms with Crippen molar-refractivity contribution in [2.45, 2.75) is 19.8 Å². The minimum absolute atomic E-state index is 0.221. The van der Waals surface area contributed by atoms with Gasteiger partial charge in [0.05, 0.1) is 30.0 Å². The molecular formula is C22H19FN6O2. The number of hydrogen-bond acceptors (Lipinski definition) is 5. The van der Waals surface area contributed by atoms with Crippen molar-refractivity contribution in [3.8, 4) is 22.9 Å². The van der Waals surface area contributed by atoms with Crippen LogP contribution in [-0.4, -0.2) is 30.3 Å². The normalized spacial score (nSPS) is 13.1. The lowest BCUT2D eigenvalue weighted by Crippen LogP contribution is -2.18. The van der Waals surface area contributed by atoms with Gasteiger partial charge >= 0.3 is 0 Å². The van der Waals surface area contributed by atoms with Crippen molar-refractivity contribution in [3.05, 3.63) is 66.0 Å². The van der Waals surface area contributed by atoms with Gasteiger partial charge < -0.3 is 10.1 Å². The van der Waals surface area contributed by atoms with E-state index in [1.54, 1.807) is 40.8 Å². The van der Waals surface area contributed by atoms with E-state index in [2.05, 4.69) is 20.5 Å². The highest BCUT2D eigenvalue weighted by Gasteiger charge is 2.19. The molecule has 0 bridgehead atoms. The van der Waals surface area contributed by atoms with E-state index in [1.807, 2.05) is 19.3 Å². The summed E-state index contributed by atoms with van der Waals surface area (Å²) in [5.41, 5.74) is 3.70. The van der Waals surface area contributed by atoms with Gasteiger partial charge in [0.25, 0.3) is 5.91 Å². The molecule has 1 N–H and O–H groups in total. The molecule has 0 saturated heterocycles. The Balaban J connectivity index is 1.53. The lowest BCUT2D eigenvalue weighted by molar-refractivity contribution is -0.113. The van der Waals surface area contributed by atoms with Crippen molar-refractivity contribution < 1.29 is 13.9 Å². The monoisotopic (exact) mass is 418 g/mol. The van der Waals surface area contributed by atoms with Gasteiger partial charge in [0.15, 0.2) is 0 Å². The fourth-order valence-electron chi connectivity index (χ4n) is 3.36. The van der Waals surface area contributed by atoms with Crippen molar-refractivity contribution >= 4 is 17.1 Å². The Labute approximate surface area is 177 Å². The highest BCUT2D eigenvalue weighted by molar-refractivity contribution is 6.05. The number of halogens is 1. The number of benzene rings is 1. The zero-order valence-corrected chi connectivity index (χ0v) is 17.0. The first-order valence-electron chi connectivity index (χ1n) is 9.80. The molecule has 1 aliphatic carbocycles. The summed E-state index contributed by atoms with van der Waals surface area (Å²) in [5, 5.41) is 11.2. The highest BCUT2D eigenvalue weighted by atomic mass is 19.1. The summed E-state index contributed by atoms with van der Waals surface area (Å²) >= 11 is 0. The number of aryl methyl sites for hydroxylation is 1. The van der Waals surface area contributed by atoms with Crippen LogP contribution in [0.2, 0.25) is 0 Å². The van der Waals surface area contributed by atoms with Crippen LogP contribution in [0.4, 0.5) is 10.1 Å². The molecule has 0 aliphatic heterocycles. The molecule has 4 aromatic rings. The molecule has 156 valence electrons. The Morgan fingerprint density at radius 2 is 2.10 bits per heavy atom. The molecule has 0 fully saturated rings. The predicted octanol–water partition coefficient (Wildman–Crippen LogP) is 4.03. The molecule has 5 rings (SSSR count). The zero-order valence-electron chi connectivity index (χ0n) is 17.0. The molecule has 1 amide bonds. The second-order valence-corrected chi connectivity index (χ2v) is 7.40. The van der Waals surface area contributed by atoms with Gasteiger partial charge in [-0.15, -0.1) is 0 Å². The fourth-order valence-corrected chi connectivity index (χ4v) is 3.36. The number of hydrogen-bond donors (Lipinski definition) is 1. The van der Waals surface area contributed by atoms with Crippen LogP contribution in [-0.2, 0) is 11.8 Å². The van der Waals surface area contributed by atoms with E-state index in [4.69, 9.17) is 4.74 Å². The molecule has 0 radical (unpaired) electrons. The molecule has 31 heavy (non-hydrogen) atoms. The van der Waals surface area contributed by atoms with Gasteiger partial charge in [-0.1, -0.05) is 6.08 Å². The number of carbonyl (C=O) groups is 1. The Kier molecular flexibility index (Phi) is 4.50. The predicted molar refractivity (Wildman–Crippen MR) is 112 cm³/mol. The first-order chi connectivity index (χ1) is 15.0. The Morgan fingerprint density at radius 3 is 2.81 bits per heavy atom. The summed E-state index contributed by atoms with van der Waals surface area (Å²) in [6.07, 6.45) is 10.4. The number of nitrogens with one attached hydrogen (secondary N) is 1. The summed E-state index contributed by atoms with van der Waals surface area (Å²) in [6.45, 7) is 1.76. The van der Waals surface area contributed by atoms with Crippen LogP contribution >= 0.6 is 0 Å². The van der Waals surface area contributed by atoms with E-state index in [9.17, 15) is 9.18 Å². The first-order valence-corrected chi connectivity index (χ1v) is 9.80. The Morgan fingerprint density at radius 1 is 1.26 bits per heavy atom. The maximum atomic E-state index is 14.4. The molecular weight excluding hydrogens is 399 g/mol. The summed E-state index contributed by atoms with van der Waals surface area (Å²) < 4.78 is 23.7. The number of nitrogens with zero attached hydrogens (tertiary/aromatic N) is 5. The van der Waals surface area contributed by atoms with Crippen LogP contribution in [0.3, 0.4) is 0 Å². The van der Waals surface area contributed by atoms with E-state index in [1.165, 1.54) is 12.1 Å². The summed E-state index contributed by atoms with van der Waals surface area (Å²) in [5.74, 6) is -0.212. The minimum Gasteiger partial charge on any atom is -0.437 e. The van der Waals surface area contributed by atoms with E-state index >= 15 is 0 Å². The van der Waals surface area contributed by atoms with Gasteiger partial charge in [-0.05, 0) is 31.9 Å². The van der Waals surface area contributed by atoms with Crippen molar-refractivity contribution in [1.29, 1.82) is 0 Å². The molecule has 8 nitrogen and oxygen atoms in total. The number of ether oxygens (including phenoxy) is 1. The van der Waals surface area contributed by atoms with Crippen LogP contribution < -0.4 is 10.1 Å². The summed E-state index contributed by atoms with van der Waals surface area (Å²) in [6, 6.07) is 4.32. The largest absolute Gasteiger partial charge is 0.437 e. The Bertz CT molecular complexity index is 1350. The molecule has 3 aromatic heterocycles. The molecule has 0 saturated carbocycles. The molecule has 0 atom stereocenters. The van der Waals surface area contributed by atoms with Crippen LogP contribution in [0.5, 0.6) is 11.6 Å². The molecule has 9 heteroatoms. The van der Waals surface area contributed by atoms with Crippen LogP contribution in [0.15, 0.2) is 54.6 Å². The summed E-state index contributed by atoms with van der Waals surface area (Å²) in [7, 11) is 1.82. The smallest absolute Gasteiger partial charge is 0.251 e. The number of rotatable bonds is 5. The lowest BCUT2D eigenvalue weighted by atomic mass is 9.98. The number of carbonyl (C=O) groups excluding carboxylic acids is 1. The van der Waals surface area contributed by atoms with Gasteiger partial charge in [-0.25, -0.2) is 13.9 Å². The van der Waals surface area contributed by atoms with Gasteiger partial charge in [0.1, 0.15) is 17.1 Å². The number of allylic oxidation sites excluding steroid dienone is 1. The third kappa shape index (κ3) is 3.54. The average molecular weight is 418 g/mol. The van der Waals surface area contributed by atoms with Crippen LogP contribution in [0.1, 0.15) is 18.4 Å². The van der Waals surface area contributed by atoms with Gasteiger partial charge in [0, 0.05) is 36.0 Å². The maximum Gasteiger partial charge on any atom is 0.251 e. The molecule has 1 aromatic carbocycles. The highest BCUT2D eigenvalue weighted by Crippen LogP contribution is 2.34. The van der Waals surface area contributed by atoms with E-state index in [0.717, 1.165) is 18.4 Å². The second-order valence-electron chi connectivity index (χ2n) is 7.40. The number of amides is 1. The average Bonchev–Trinajstić information content (AvgIpc) is 3.32. The van der Waals surface area contributed by atoms with Gasteiger partial charge in [-0.3, -0.25) is 9.48 Å². The minimum atomic E-state index is -0.522. The van der Waals surface area contributed by atoms with Gasteiger partial charge in [0.2, 0.25) is 5.88 Å². The van der Waals surface area contributed by atoms with Crippen molar-refractivity contribution in [1.82, 2.24) is 24.4 Å². The molecule has 3 heterocycles. The first kappa shape index (κ1) is 19.0. The second kappa shape index (κ2) is 7.35. The van der Waals surface area contributed by atoms with Crippen LogP contribution in [0, 0.1) is 12.7 Å². The van der Waals surface area contributed by atoms with E-state index < -0.39 is 5.82 Å². The quantitative estimate of drug-likeness (QED) is 0.529. The SMILES string of the molecule is Cc1c(NC(=O)C2=CCC2)cc(F)cc1Oc1nc(-c2cnn(C)c2)cn2nccc12. The topological polar surface area (TPSA) is 86.3 Å². The molecule has 0 spiro atoms. The van der Waals surface area contributed by atoms with E-state index in [-0.39, 0.29) is 17.5 Å². The third-order valence-electron chi connectivity index (χ3n) is 5.23. The van der Waals surface area contributed by atoms with Crippen LogP contribution in [0.25, 0.3) is 16.8 Å². The van der Waals surface area contributed by atoms with Crippen molar-refractivity contribution in [2.75, 3.05) is 5.32 Å². The number of aromatic nitrogens is 5. The summed E-state index contributed by atoms with van der Waals surface area (Å²) in [4.78, 5) is 16.9. The molecule has 1 aliphatic rings. The fraction of sp³-hybridized carbons (Fsp3) is 0.182. The standard InChI is InChI=1S/C22H19FN6O2/c1-13-17(26-21(30)14-4-3-5-14)8-16(23)9-20(13)31-22-19-6-7-24-29(19)12-18(27-22)15-10-25-28(2)11-15/h4,6-12H,3,5H2,1-2H3,(H,26,30). The molecule has 0 unspecified atom stereocenters. The zero-order chi connectivity index (χ0) is 21.5. The van der Waals surface area contributed by atoms with E-state index in [0.29, 0.717) is 28.0 Å². The van der Waals surface area contributed by atoms with Crippen molar-refractivity contribution in [3.63, 3.8) is 0 Å². The van der Waals surface area contributed by atoms with Crippen molar-refractivity contribution in [2.24, 2.45) is 7.05 Å². The number of fused-ring (bicyclic) bond motifs is 1. The number of anilines is 1. The third-order valence-corrected chi connectivity index (χ3v) is 5.23. The van der Waals surface area contributed by atoms with Gasteiger partial charge in [-0.2, -0.15) is 10.2 Å².